The van der Waals surface area contributed by atoms with Gasteiger partial charge in [0.2, 0.25) is 5.91 Å². The summed E-state index contributed by atoms with van der Waals surface area (Å²) in [6.45, 7) is 12.8. The quantitative estimate of drug-likeness (QED) is 0.219. The molecule has 4 rings (SSSR count). The number of Topliss-reactive ketones (excluding diaryl/α,β-unsaturated/α-hetero) is 1. The summed E-state index contributed by atoms with van der Waals surface area (Å²) >= 11 is 0. The molecule has 176 valence electrons. The fourth-order valence-electron chi connectivity index (χ4n) is 8.43. The summed E-state index contributed by atoms with van der Waals surface area (Å²) in [5.74, 6) is 0.747. The Bertz CT molecular complexity index is 878. The summed E-state index contributed by atoms with van der Waals surface area (Å²) in [5, 5.41) is 3.93. The van der Waals surface area contributed by atoms with E-state index in [9.17, 15) is 15.1 Å². The van der Waals surface area contributed by atoms with Crippen LogP contribution in [-0.2, 0) is 9.59 Å². The van der Waals surface area contributed by atoms with E-state index in [1.165, 1.54) is 25.7 Å². The van der Waals surface area contributed by atoms with E-state index >= 15 is 0 Å². The van der Waals surface area contributed by atoms with Gasteiger partial charge in [-0.1, -0.05) is 31.0 Å². The van der Waals surface area contributed by atoms with Crippen molar-refractivity contribution in [2.24, 2.45) is 39.6 Å². The van der Waals surface area contributed by atoms with Crippen LogP contribution < -0.4 is 0 Å². The second-order valence-electron chi connectivity index (χ2n) is 12.0. The van der Waals surface area contributed by atoms with E-state index in [2.05, 4.69) is 23.9 Å². The number of fused-ring (bicyclic) bond motifs is 5. The summed E-state index contributed by atoms with van der Waals surface area (Å²) < 4.78 is 0. The highest BCUT2D eigenvalue weighted by Gasteiger charge is 2.59. The van der Waals surface area contributed by atoms with Gasteiger partial charge in [0.1, 0.15) is 5.92 Å². The molecule has 1 amide bonds. The van der Waals surface area contributed by atoms with E-state index in [4.69, 9.17) is 0 Å². The fraction of sp³-hybridized carbons (Fsp3) is 0.846. The van der Waals surface area contributed by atoms with Crippen molar-refractivity contribution in [3.63, 3.8) is 0 Å². The second kappa shape index (κ2) is 8.20. The molecular formula is C26H40N4O2. The number of azide groups is 1. The molecule has 32 heavy (non-hydrogen) atoms. The van der Waals surface area contributed by atoms with Gasteiger partial charge in [0, 0.05) is 17.0 Å². The van der Waals surface area contributed by atoms with E-state index in [1.54, 1.807) is 0 Å². The zero-order valence-corrected chi connectivity index (χ0v) is 20.7. The van der Waals surface area contributed by atoms with Crippen LogP contribution in [-0.4, -0.2) is 28.7 Å². The second-order valence-corrected chi connectivity index (χ2v) is 12.0. The SMILES string of the molecule is CC(C)N(C(=O)C1C[C@@]2(C)C(=C(N=[N+]=[N-])C1=O)CC[C@@H]1[C@H]2CC[C@]2(C)CCC[C@@H]12)C(C)C. The molecule has 0 saturated heterocycles. The zero-order chi connectivity index (χ0) is 23.4. The molecule has 4 aliphatic rings. The number of allylic oxidation sites excluding steroid dienone is 1. The summed E-state index contributed by atoms with van der Waals surface area (Å²) in [7, 11) is 0. The molecule has 0 aliphatic heterocycles. The highest BCUT2D eigenvalue weighted by molar-refractivity contribution is 6.11. The van der Waals surface area contributed by atoms with Crippen molar-refractivity contribution in [2.75, 3.05) is 0 Å². The zero-order valence-electron chi connectivity index (χ0n) is 20.7. The van der Waals surface area contributed by atoms with E-state index in [-0.39, 0.29) is 34.9 Å². The van der Waals surface area contributed by atoms with Gasteiger partial charge < -0.3 is 4.90 Å². The van der Waals surface area contributed by atoms with Gasteiger partial charge in [-0.3, -0.25) is 9.59 Å². The molecule has 0 spiro atoms. The van der Waals surface area contributed by atoms with Crippen LogP contribution >= 0.6 is 0 Å². The average molecular weight is 441 g/mol. The van der Waals surface area contributed by atoms with Crippen LogP contribution in [0.2, 0.25) is 0 Å². The van der Waals surface area contributed by atoms with Gasteiger partial charge in [-0.05, 0) is 107 Å². The maximum absolute atomic E-state index is 13.7. The van der Waals surface area contributed by atoms with E-state index < -0.39 is 5.92 Å². The molecule has 4 aliphatic carbocycles. The Morgan fingerprint density at radius 2 is 1.78 bits per heavy atom. The monoisotopic (exact) mass is 440 g/mol. The maximum Gasteiger partial charge on any atom is 0.234 e. The molecule has 6 nitrogen and oxygen atoms in total. The number of hydrogen-bond acceptors (Lipinski definition) is 3. The number of carbonyl (C=O) groups is 2. The Balaban J connectivity index is 1.76. The van der Waals surface area contributed by atoms with Gasteiger partial charge in [0.15, 0.2) is 5.78 Å². The van der Waals surface area contributed by atoms with Gasteiger partial charge >= 0.3 is 0 Å². The first-order valence-electron chi connectivity index (χ1n) is 12.7. The number of amides is 1. The van der Waals surface area contributed by atoms with Gasteiger partial charge in [0.25, 0.3) is 0 Å². The van der Waals surface area contributed by atoms with Crippen molar-refractivity contribution in [1.29, 1.82) is 0 Å². The van der Waals surface area contributed by atoms with Crippen LogP contribution in [0.1, 0.15) is 92.9 Å². The van der Waals surface area contributed by atoms with Gasteiger partial charge in [-0.25, -0.2) is 0 Å². The standard InChI is InChI=1S/C26H40N4O2/c1-15(2)30(16(3)4)24(32)18-14-26(6)20-11-13-25(5)12-7-8-19(25)17(20)9-10-21(26)22(23(18)31)28-29-27/h15-20H,7-14H2,1-6H3/t17-,18?,19-,20+,25-,26+/m0/s1. The number of carbonyl (C=O) groups excluding carboxylic acids is 2. The topological polar surface area (TPSA) is 86.1 Å². The van der Waals surface area contributed by atoms with Gasteiger partial charge in [0.05, 0.1) is 5.70 Å². The van der Waals surface area contributed by atoms with Gasteiger partial charge in [-0.15, -0.1) is 0 Å². The van der Waals surface area contributed by atoms with Crippen molar-refractivity contribution in [2.45, 2.75) is 105 Å². The predicted octanol–water partition coefficient (Wildman–Crippen LogP) is 6.42. The Labute approximate surface area is 192 Å². The van der Waals surface area contributed by atoms with Crippen LogP contribution in [0.3, 0.4) is 0 Å². The Morgan fingerprint density at radius 1 is 1.09 bits per heavy atom. The molecule has 0 aromatic carbocycles. The van der Waals surface area contributed by atoms with E-state index in [0.717, 1.165) is 30.8 Å². The van der Waals surface area contributed by atoms with Crippen LogP contribution in [0.15, 0.2) is 16.4 Å². The Morgan fingerprint density at radius 3 is 2.41 bits per heavy atom. The van der Waals surface area contributed by atoms with Crippen LogP contribution in [0.4, 0.5) is 0 Å². The summed E-state index contributed by atoms with van der Waals surface area (Å²) in [4.78, 5) is 32.1. The molecule has 0 heterocycles. The number of nitrogens with zero attached hydrogens (tertiary/aromatic N) is 4. The highest BCUT2D eigenvalue weighted by Crippen LogP contribution is 2.66. The Kier molecular flexibility index (Phi) is 5.98. The lowest BCUT2D eigenvalue weighted by Gasteiger charge is -2.58. The first-order chi connectivity index (χ1) is 15.0. The van der Waals surface area contributed by atoms with Crippen molar-refractivity contribution >= 4 is 11.7 Å². The van der Waals surface area contributed by atoms with Crippen molar-refractivity contribution in [1.82, 2.24) is 4.90 Å². The Hall–Kier alpha value is -1.81. The lowest BCUT2D eigenvalue weighted by Crippen LogP contribution is -2.54. The molecule has 1 unspecified atom stereocenters. The fourth-order valence-corrected chi connectivity index (χ4v) is 8.43. The average Bonchev–Trinajstić information content (AvgIpc) is 3.11. The maximum atomic E-state index is 13.7. The molecule has 0 aromatic rings. The number of hydrogen-bond donors (Lipinski definition) is 0. The normalized spacial score (nSPS) is 38.8. The molecule has 0 aromatic heterocycles. The summed E-state index contributed by atoms with van der Waals surface area (Å²) in [6.07, 6.45) is 8.81. The minimum atomic E-state index is -0.746. The predicted molar refractivity (Wildman–Crippen MR) is 125 cm³/mol. The summed E-state index contributed by atoms with van der Waals surface area (Å²) in [6, 6.07) is 0.0359. The summed E-state index contributed by atoms with van der Waals surface area (Å²) in [5.41, 5.74) is 10.8. The molecule has 6 heteroatoms. The van der Waals surface area contributed by atoms with Crippen LogP contribution in [0, 0.1) is 34.5 Å². The first kappa shape index (κ1) is 23.4. The van der Waals surface area contributed by atoms with Crippen molar-refractivity contribution < 1.29 is 9.59 Å². The van der Waals surface area contributed by atoms with Crippen molar-refractivity contribution in [3.8, 4) is 0 Å². The third-order valence-corrected chi connectivity index (χ3v) is 9.73. The van der Waals surface area contributed by atoms with Crippen molar-refractivity contribution in [3.05, 3.63) is 21.7 Å². The highest BCUT2D eigenvalue weighted by atomic mass is 16.2. The molecular weight excluding hydrogens is 400 g/mol. The lowest BCUT2D eigenvalue weighted by molar-refractivity contribution is -0.147. The molecule has 0 N–H and O–H groups in total. The van der Waals surface area contributed by atoms with Gasteiger partial charge in [-0.2, -0.15) is 0 Å². The number of ketones is 1. The minimum absolute atomic E-state index is 0.0179. The first-order valence-corrected chi connectivity index (χ1v) is 12.7. The van der Waals surface area contributed by atoms with E-state index in [1.807, 2.05) is 32.6 Å². The van der Waals surface area contributed by atoms with E-state index in [0.29, 0.717) is 23.7 Å². The smallest absolute Gasteiger partial charge is 0.234 e. The van der Waals surface area contributed by atoms with Crippen LogP contribution in [0.25, 0.3) is 10.4 Å². The molecule has 0 bridgehead atoms. The molecule has 3 fully saturated rings. The third-order valence-electron chi connectivity index (χ3n) is 9.73. The third kappa shape index (κ3) is 3.41. The molecule has 6 atom stereocenters. The molecule has 3 saturated carbocycles. The lowest BCUT2D eigenvalue weighted by atomic mass is 9.46. The largest absolute Gasteiger partial charge is 0.337 e. The minimum Gasteiger partial charge on any atom is -0.337 e. The molecule has 0 radical (unpaired) electrons. The number of rotatable bonds is 4. The van der Waals surface area contributed by atoms with Crippen LogP contribution in [0.5, 0.6) is 0 Å².